The van der Waals surface area contributed by atoms with Gasteiger partial charge in [0, 0.05) is 25.9 Å². The standard InChI is InChI=1S/C15H13ClF3NO4/c16-11-2-1-9(15(17,18)19)7-10(11)12(21)20-5-3-14(4-6-20)8-23-13(22)24-14/h1-2,7H,3-6,8H2. The Morgan fingerprint density at radius 1 is 1.25 bits per heavy atom. The lowest BCUT2D eigenvalue weighted by Gasteiger charge is -2.36. The summed E-state index contributed by atoms with van der Waals surface area (Å²) < 4.78 is 48.4. The molecule has 130 valence electrons. The van der Waals surface area contributed by atoms with E-state index in [1.807, 2.05) is 0 Å². The number of hydrogen-bond donors (Lipinski definition) is 0. The highest BCUT2D eigenvalue weighted by molar-refractivity contribution is 6.33. The van der Waals surface area contributed by atoms with E-state index in [1.165, 1.54) is 4.90 Å². The number of ether oxygens (including phenoxy) is 2. The smallest absolute Gasteiger partial charge is 0.430 e. The Balaban J connectivity index is 1.75. The minimum absolute atomic E-state index is 0.0380. The average Bonchev–Trinajstić information content (AvgIpc) is 2.87. The zero-order valence-electron chi connectivity index (χ0n) is 12.4. The first-order valence-corrected chi connectivity index (χ1v) is 7.60. The first kappa shape index (κ1) is 16.9. The van der Waals surface area contributed by atoms with Crippen LogP contribution in [0.3, 0.4) is 0 Å². The highest BCUT2D eigenvalue weighted by Gasteiger charge is 2.45. The molecule has 0 aliphatic carbocycles. The molecule has 2 aliphatic heterocycles. The van der Waals surface area contributed by atoms with Crippen LogP contribution in [0.15, 0.2) is 18.2 Å². The van der Waals surface area contributed by atoms with Crippen molar-refractivity contribution < 1.29 is 32.2 Å². The van der Waals surface area contributed by atoms with Crippen LogP contribution in [-0.4, -0.2) is 42.3 Å². The van der Waals surface area contributed by atoms with Gasteiger partial charge in [0.1, 0.15) is 6.61 Å². The van der Waals surface area contributed by atoms with E-state index in [-0.39, 0.29) is 30.3 Å². The molecule has 2 fully saturated rings. The summed E-state index contributed by atoms with van der Waals surface area (Å²) >= 11 is 5.90. The maximum absolute atomic E-state index is 12.8. The van der Waals surface area contributed by atoms with Gasteiger partial charge < -0.3 is 14.4 Å². The van der Waals surface area contributed by atoms with Crippen molar-refractivity contribution in [3.8, 4) is 0 Å². The van der Waals surface area contributed by atoms with Gasteiger partial charge in [0.15, 0.2) is 5.60 Å². The van der Waals surface area contributed by atoms with Crippen LogP contribution in [-0.2, 0) is 15.7 Å². The maximum atomic E-state index is 12.8. The Kier molecular flexibility index (Phi) is 4.11. The summed E-state index contributed by atoms with van der Waals surface area (Å²) in [6, 6.07) is 2.66. The number of nitrogens with zero attached hydrogens (tertiary/aromatic N) is 1. The van der Waals surface area contributed by atoms with Crippen molar-refractivity contribution in [3.05, 3.63) is 34.3 Å². The second-order valence-corrected chi connectivity index (χ2v) is 6.22. The summed E-state index contributed by atoms with van der Waals surface area (Å²) in [4.78, 5) is 25.0. The number of cyclic esters (lactones) is 1. The molecule has 0 atom stereocenters. The summed E-state index contributed by atoms with van der Waals surface area (Å²) in [6.45, 7) is 0.599. The summed E-state index contributed by atoms with van der Waals surface area (Å²) in [7, 11) is 0. The SMILES string of the molecule is O=C1OCC2(CCN(C(=O)c3cc(C(F)(F)F)ccc3Cl)CC2)O1. The van der Waals surface area contributed by atoms with Crippen LogP contribution in [0, 0.1) is 0 Å². The number of piperidine rings is 1. The van der Waals surface area contributed by atoms with E-state index in [4.69, 9.17) is 21.1 Å². The predicted octanol–water partition coefficient (Wildman–Crippen LogP) is 3.50. The first-order valence-electron chi connectivity index (χ1n) is 7.22. The molecule has 2 heterocycles. The molecule has 2 aliphatic rings. The first-order chi connectivity index (χ1) is 11.2. The Bertz CT molecular complexity index is 684. The van der Waals surface area contributed by atoms with E-state index < -0.39 is 29.4 Å². The summed E-state index contributed by atoms with van der Waals surface area (Å²) in [6.07, 6.45) is -4.57. The molecule has 0 aromatic heterocycles. The summed E-state index contributed by atoms with van der Waals surface area (Å²) in [5, 5.41) is -0.0380. The molecular formula is C15H13ClF3NO4. The number of rotatable bonds is 1. The monoisotopic (exact) mass is 363 g/mol. The number of benzene rings is 1. The van der Waals surface area contributed by atoms with E-state index in [0.717, 1.165) is 18.2 Å². The number of carbonyl (C=O) groups excluding carboxylic acids is 2. The largest absolute Gasteiger partial charge is 0.509 e. The van der Waals surface area contributed by atoms with Crippen LogP contribution in [0.4, 0.5) is 18.0 Å². The van der Waals surface area contributed by atoms with E-state index in [1.54, 1.807) is 0 Å². The molecule has 24 heavy (non-hydrogen) atoms. The van der Waals surface area contributed by atoms with Gasteiger partial charge in [-0.2, -0.15) is 13.2 Å². The molecule has 5 nitrogen and oxygen atoms in total. The minimum atomic E-state index is -4.55. The van der Waals surface area contributed by atoms with Gasteiger partial charge >= 0.3 is 12.3 Å². The van der Waals surface area contributed by atoms with Crippen molar-refractivity contribution in [1.82, 2.24) is 4.90 Å². The number of hydrogen-bond acceptors (Lipinski definition) is 4. The third kappa shape index (κ3) is 3.15. The second kappa shape index (κ2) is 5.84. The van der Waals surface area contributed by atoms with Crippen molar-refractivity contribution in [3.63, 3.8) is 0 Å². The lowest BCUT2D eigenvalue weighted by atomic mass is 9.92. The normalized spacial score (nSPS) is 20.0. The van der Waals surface area contributed by atoms with Gasteiger partial charge in [-0.15, -0.1) is 0 Å². The van der Waals surface area contributed by atoms with Gasteiger partial charge in [-0.1, -0.05) is 11.6 Å². The molecule has 1 amide bonds. The lowest BCUT2D eigenvalue weighted by molar-refractivity contribution is -0.137. The molecule has 0 unspecified atom stereocenters. The van der Waals surface area contributed by atoms with Crippen molar-refractivity contribution in [2.45, 2.75) is 24.6 Å². The fourth-order valence-electron chi connectivity index (χ4n) is 2.83. The maximum Gasteiger partial charge on any atom is 0.509 e. The molecular weight excluding hydrogens is 351 g/mol. The quantitative estimate of drug-likeness (QED) is 0.717. The van der Waals surface area contributed by atoms with E-state index >= 15 is 0 Å². The van der Waals surface area contributed by atoms with E-state index in [2.05, 4.69) is 0 Å². The van der Waals surface area contributed by atoms with Gasteiger partial charge in [-0.25, -0.2) is 4.79 Å². The number of amides is 1. The zero-order chi connectivity index (χ0) is 17.5. The van der Waals surface area contributed by atoms with Crippen LogP contribution >= 0.6 is 11.6 Å². The number of carbonyl (C=O) groups is 2. The van der Waals surface area contributed by atoms with Crippen molar-refractivity contribution in [2.75, 3.05) is 19.7 Å². The molecule has 9 heteroatoms. The van der Waals surface area contributed by atoms with Gasteiger partial charge in [0.25, 0.3) is 5.91 Å². The van der Waals surface area contributed by atoms with Crippen molar-refractivity contribution >= 4 is 23.7 Å². The zero-order valence-corrected chi connectivity index (χ0v) is 13.1. The molecule has 0 N–H and O–H groups in total. The van der Waals surface area contributed by atoms with Gasteiger partial charge in [-0.05, 0) is 18.2 Å². The van der Waals surface area contributed by atoms with Gasteiger partial charge in [0.05, 0.1) is 16.1 Å². The Morgan fingerprint density at radius 3 is 2.46 bits per heavy atom. The molecule has 1 aromatic carbocycles. The summed E-state index contributed by atoms with van der Waals surface area (Å²) in [5.41, 5.74) is -1.87. The minimum Gasteiger partial charge on any atom is -0.430 e. The molecule has 3 rings (SSSR count). The number of likely N-dealkylation sites (tertiary alicyclic amines) is 1. The molecule has 1 aromatic rings. The topological polar surface area (TPSA) is 55.8 Å². The molecule has 0 bridgehead atoms. The third-order valence-electron chi connectivity index (χ3n) is 4.24. The molecule has 1 spiro atoms. The highest BCUT2D eigenvalue weighted by atomic mass is 35.5. The highest BCUT2D eigenvalue weighted by Crippen LogP contribution is 2.34. The number of halogens is 4. The van der Waals surface area contributed by atoms with Crippen molar-refractivity contribution in [1.29, 1.82) is 0 Å². The Morgan fingerprint density at radius 2 is 1.92 bits per heavy atom. The van der Waals surface area contributed by atoms with Crippen molar-refractivity contribution in [2.24, 2.45) is 0 Å². The van der Waals surface area contributed by atoms with Crippen LogP contribution < -0.4 is 0 Å². The van der Waals surface area contributed by atoms with Crippen LogP contribution in [0.25, 0.3) is 0 Å². The predicted molar refractivity (Wildman–Crippen MR) is 76.8 cm³/mol. The Labute approximate surface area is 140 Å². The summed E-state index contributed by atoms with van der Waals surface area (Å²) in [5.74, 6) is -0.578. The average molecular weight is 364 g/mol. The van der Waals surface area contributed by atoms with E-state index in [0.29, 0.717) is 12.8 Å². The second-order valence-electron chi connectivity index (χ2n) is 5.81. The fraction of sp³-hybridized carbons (Fsp3) is 0.467. The van der Waals surface area contributed by atoms with Crippen LogP contribution in [0.5, 0.6) is 0 Å². The number of alkyl halides is 3. The Hall–Kier alpha value is -1.96. The lowest BCUT2D eigenvalue weighted by Crippen LogP contribution is -2.48. The van der Waals surface area contributed by atoms with Gasteiger partial charge in [0.2, 0.25) is 0 Å². The fourth-order valence-corrected chi connectivity index (χ4v) is 3.02. The molecule has 0 radical (unpaired) electrons. The van der Waals surface area contributed by atoms with Gasteiger partial charge in [-0.3, -0.25) is 4.79 Å². The molecule has 2 saturated heterocycles. The van der Waals surface area contributed by atoms with E-state index in [9.17, 15) is 22.8 Å². The van der Waals surface area contributed by atoms with Crippen LogP contribution in [0.1, 0.15) is 28.8 Å². The third-order valence-corrected chi connectivity index (χ3v) is 4.57. The van der Waals surface area contributed by atoms with Crippen LogP contribution in [0.2, 0.25) is 5.02 Å². The molecule has 0 saturated carbocycles.